The first kappa shape index (κ1) is 41.2. The number of aryl methyl sites for hydroxylation is 1. The largest absolute Gasteiger partial charge is 0.365 e. The molecule has 5 aliphatic carbocycles. The van der Waals surface area contributed by atoms with E-state index < -0.39 is 27.7 Å². The molecule has 6 atom stereocenters. The highest BCUT2D eigenvalue weighted by molar-refractivity contribution is 8.00. The van der Waals surface area contributed by atoms with Crippen molar-refractivity contribution in [3.63, 3.8) is 0 Å². The van der Waals surface area contributed by atoms with E-state index in [9.17, 15) is 24.0 Å². The van der Waals surface area contributed by atoms with Crippen LogP contribution in [0.5, 0.6) is 0 Å². The number of nitrogens with zero attached hydrogens (tertiary/aromatic N) is 6. The smallest absolute Gasteiger partial charge is 0.330 e. The number of hydrogen-bond donors (Lipinski definition) is 4. The van der Waals surface area contributed by atoms with Crippen molar-refractivity contribution in [1.82, 2.24) is 39.6 Å². The molecule has 0 bridgehead atoms. The van der Waals surface area contributed by atoms with Gasteiger partial charge in [-0.25, -0.2) is 14.8 Å². The van der Waals surface area contributed by atoms with Gasteiger partial charge in [-0.15, -0.1) is 21.5 Å². The molecule has 1 aromatic carbocycles. The molecule has 4 saturated carbocycles. The van der Waals surface area contributed by atoms with Crippen LogP contribution < -0.4 is 27.6 Å². The summed E-state index contributed by atoms with van der Waals surface area (Å²) in [5.74, 6) is 2.41. The Morgan fingerprint density at radius 1 is 0.935 bits per heavy atom. The number of nitrogens with two attached hydrogens (primary N) is 1. The summed E-state index contributed by atoms with van der Waals surface area (Å²) in [5, 5.41) is 16.5. The molecule has 0 aliphatic heterocycles. The van der Waals surface area contributed by atoms with Gasteiger partial charge >= 0.3 is 5.69 Å². The highest BCUT2D eigenvalue weighted by Crippen LogP contribution is 2.56. The fourth-order valence-electron chi connectivity index (χ4n) is 9.56. The van der Waals surface area contributed by atoms with Gasteiger partial charge in [-0.1, -0.05) is 54.6 Å². The van der Waals surface area contributed by atoms with Crippen LogP contribution in [0.25, 0.3) is 16.7 Å². The van der Waals surface area contributed by atoms with E-state index in [1.54, 1.807) is 4.57 Å². The predicted molar refractivity (Wildman–Crippen MR) is 239 cm³/mol. The Morgan fingerprint density at radius 3 is 2.48 bits per heavy atom. The molecule has 10 rings (SSSR count). The molecule has 4 aromatic heterocycles. The number of aromatic nitrogens is 7. The number of para-hydroxylation sites is 1. The molecule has 0 spiro atoms. The Kier molecular flexibility index (Phi) is 11.1. The standard InChI is InChI=1S/C44H50N10O5S3/c1-21(60-42-33-37(47-35(48-42)24-14-15-24)53(27-16-17-27)43(59)50-40(33)58)38(56)46-20-23-8-6-9-25(18-23)29-19-30(29)36-51-52-44(54(36)26-10-4-3-5-11-26)61-22(2)39(57)49-41-32(34(45)55)28-12-7-13-31(28)62-41/h3-5,10-11,21-25,27,29-30H,6-9,12-20H2,1-2H3,(H2,45,55)(H,46,56)(H,49,57)(H,50,58,59). The monoisotopic (exact) mass is 894 g/mol. The second kappa shape index (κ2) is 16.7. The van der Waals surface area contributed by atoms with E-state index in [4.69, 9.17) is 20.8 Å². The lowest BCUT2D eigenvalue weighted by Crippen LogP contribution is -2.36. The topological polar surface area (TPSA) is 213 Å². The zero-order valence-electron chi connectivity index (χ0n) is 34.7. The molecule has 15 nitrogen and oxygen atoms in total. The van der Waals surface area contributed by atoms with E-state index in [1.165, 1.54) is 34.9 Å². The molecule has 324 valence electrons. The van der Waals surface area contributed by atoms with E-state index in [2.05, 4.69) is 25.3 Å². The Hall–Kier alpha value is -4.81. The normalized spacial score (nSPS) is 22.9. The molecule has 0 radical (unpaired) electrons. The van der Waals surface area contributed by atoms with Gasteiger partial charge in [0.25, 0.3) is 11.5 Å². The van der Waals surface area contributed by atoms with Crippen molar-refractivity contribution >= 4 is 68.6 Å². The zero-order chi connectivity index (χ0) is 42.8. The predicted octanol–water partition coefficient (Wildman–Crippen LogP) is 6.25. The van der Waals surface area contributed by atoms with Crippen molar-refractivity contribution in [2.45, 2.75) is 129 Å². The van der Waals surface area contributed by atoms with Crippen LogP contribution in [0.1, 0.15) is 128 Å². The summed E-state index contributed by atoms with van der Waals surface area (Å²) >= 11 is 4.06. The highest BCUT2D eigenvalue weighted by atomic mass is 32.2. The first-order valence-corrected chi connectivity index (χ1v) is 24.5. The van der Waals surface area contributed by atoms with Crippen molar-refractivity contribution in [1.29, 1.82) is 0 Å². The van der Waals surface area contributed by atoms with Gasteiger partial charge in [0.15, 0.2) is 10.8 Å². The summed E-state index contributed by atoms with van der Waals surface area (Å²) in [6, 6.07) is 10.1. The lowest BCUT2D eigenvalue weighted by molar-refractivity contribution is -0.120. The molecule has 4 heterocycles. The minimum Gasteiger partial charge on any atom is -0.365 e. The first-order chi connectivity index (χ1) is 30.0. The van der Waals surface area contributed by atoms with Gasteiger partial charge < -0.3 is 16.4 Å². The summed E-state index contributed by atoms with van der Waals surface area (Å²) < 4.78 is 3.70. The van der Waals surface area contributed by atoms with Gasteiger partial charge in [0.05, 0.1) is 16.1 Å². The molecule has 5 N–H and O–H groups in total. The number of anilines is 1. The molecule has 5 aliphatic rings. The molecule has 18 heteroatoms. The van der Waals surface area contributed by atoms with Crippen LogP contribution in [0, 0.1) is 17.8 Å². The summed E-state index contributed by atoms with van der Waals surface area (Å²) in [5.41, 5.74) is 7.54. The number of thioether (sulfide) groups is 2. The van der Waals surface area contributed by atoms with Crippen molar-refractivity contribution in [2.24, 2.45) is 23.5 Å². The summed E-state index contributed by atoms with van der Waals surface area (Å²) in [6.45, 7) is 4.26. The Bertz CT molecular complexity index is 2700. The van der Waals surface area contributed by atoms with Crippen LogP contribution in [0.2, 0.25) is 0 Å². The number of carbonyl (C=O) groups excluding carboxylic acids is 3. The van der Waals surface area contributed by atoms with E-state index >= 15 is 0 Å². The number of fused-ring (bicyclic) bond motifs is 2. The second-order valence-electron chi connectivity index (χ2n) is 17.7. The van der Waals surface area contributed by atoms with Crippen LogP contribution in [-0.4, -0.2) is 69.0 Å². The number of aromatic amines is 1. The SMILES string of the molecule is CC(Sc1nc(C2CC2)nc2c1c(=O)[nH]c(=O)n2C1CC1)C(=O)NCC1CCCC(C2CC2c2nnc(SC(C)C(=O)Nc3sc4c(c3C(N)=O)CCC4)n2-c2ccccc2)C1. The Morgan fingerprint density at radius 2 is 1.73 bits per heavy atom. The molecule has 3 amide bonds. The van der Waals surface area contributed by atoms with E-state index in [-0.39, 0.29) is 35.1 Å². The van der Waals surface area contributed by atoms with Crippen molar-refractivity contribution in [3.8, 4) is 5.69 Å². The summed E-state index contributed by atoms with van der Waals surface area (Å²) in [4.78, 5) is 78.7. The molecule has 6 unspecified atom stereocenters. The van der Waals surface area contributed by atoms with Crippen molar-refractivity contribution < 1.29 is 14.4 Å². The van der Waals surface area contributed by atoms with Gasteiger partial charge in [-0.2, -0.15) is 0 Å². The Balaban J connectivity index is 0.788. The molecule has 4 fully saturated rings. The van der Waals surface area contributed by atoms with Gasteiger partial charge in [-0.05, 0) is 114 Å². The Labute approximate surface area is 370 Å². The summed E-state index contributed by atoms with van der Waals surface area (Å²) in [7, 11) is 0. The van der Waals surface area contributed by atoms with Crippen LogP contribution in [-0.2, 0) is 22.4 Å². The van der Waals surface area contributed by atoms with Crippen molar-refractivity contribution in [3.05, 3.63) is 78.8 Å². The number of benzene rings is 1. The number of H-pyrrole nitrogens is 1. The number of carbonyl (C=O) groups is 3. The number of nitrogens with one attached hydrogen (secondary N) is 3. The van der Waals surface area contributed by atoms with Gasteiger partial charge in [0, 0.05) is 35.0 Å². The minimum absolute atomic E-state index is 0.0266. The van der Waals surface area contributed by atoms with Crippen LogP contribution in [0.4, 0.5) is 5.00 Å². The first-order valence-electron chi connectivity index (χ1n) is 22.0. The van der Waals surface area contributed by atoms with E-state index in [1.807, 2.05) is 44.2 Å². The van der Waals surface area contributed by atoms with Crippen LogP contribution in [0.3, 0.4) is 0 Å². The lowest BCUT2D eigenvalue weighted by Gasteiger charge is -2.30. The molecule has 62 heavy (non-hydrogen) atoms. The molecule has 0 saturated heterocycles. The van der Waals surface area contributed by atoms with E-state index in [0.717, 1.165) is 99.0 Å². The minimum atomic E-state index is -0.521. The van der Waals surface area contributed by atoms with Gasteiger partial charge in [0.2, 0.25) is 11.8 Å². The number of rotatable bonds is 15. The molecular formula is C44H50N10O5S3. The van der Waals surface area contributed by atoms with Gasteiger partial charge in [0.1, 0.15) is 27.1 Å². The number of thiophene rings is 1. The maximum Gasteiger partial charge on any atom is 0.330 e. The van der Waals surface area contributed by atoms with E-state index in [0.29, 0.717) is 56.5 Å². The maximum absolute atomic E-state index is 13.6. The third-order valence-electron chi connectivity index (χ3n) is 13.2. The third-order valence-corrected chi connectivity index (χ3v) is 16.5. The highest BCUT2D eigenvalue weighted by Gasteiger charge is 2.48. The van der Waals surface area contributed by atoms with Crippen LogP contribution in [0.15, 0.2) is 50.1 Å². The van der Waals surface area contributed by atoms with Crippen LogP contribution >= 0.6 is 34.9 Å². The fraction of sp³-hybridized carbons (Fsp3) is 0.523. The quantitative estimate of drug-likeness (QED) is 0.0682. The number of amides is 3. The number of hydrogen-bond acceptors (Lipinski definition) is 12. The summed E-state index contributed by atoms with van der Waals surface area (Å²) in [6.07, 6.45) is 11.6. The lowest BCUT2D eigenvalue weighted by atomic mass is 9.78. The second-order valence-corrected chi connectivity index (χ2v) is 21.5. The average Bonchev–Trinajstić information content (AvgIpc) is 4.20. The molecular weight excluding hydrogens is 845 g/mol. The maximum atomic E-state index is 13.6. The van der Waals surface area contributed by atoms with Gasteiger partial charge in [-0.3, -0.25) is 33.3 Å². The van der Waals surface area contributed by atoms with Crippen molar-refractivity contribution in [2.75, 3.05) is 11.9 Å². The fourth-order valence-corrected chi connectivity index (χ4v) is 12.7. The number of primary amides is 1. The zero-order valence-corrected chi connectivity index (χ0v) is 37.2. The molecule has 5 aromatic rings. The average molecular weight is 895 g/mol. The third kappa shape index (κ3) is 8.13.